The number of hydrogen-bond donors (Lipinski definition) is 3. The molecule has 0 spiro atoms. The van der Waals surface area contributed by atoms with Gasteiger partial charge in [-0.15, -0.1) is 0 Å². The molecule has 0 aliphatic heterocycles. The number of nitrogens with one attached hydrogen (secondary N) is 2. The lowest BCUT2D eigenvalue weighted by Gasteiger charge is -2.34. The van der Waals surface area contributed by atoms with Crippen LogP contribution in [0.5, 0.6) is 5.75 Å². The highest BCUT2D eigenvalue weighted by Crippen LogP contribution is 2.27. The lowest BCUT2D eigenvalue weighted by atomic mass is 9.92. The predicted molar refractivity (Wildman–Crippen MR) is 80.1 cm³/mol. The van der Waals surface area contributed by atoms with Crippen LogP contribution in [0.15, 0.2) is 18.2 Å². The number of aromatic hydroxyl groups is 1. The van der Waals surface area contributed by atoms with E-state index in [1.807, 2.05) is 0 Å². The van der Waals surface area contributed by atoms with Crippen LogP contribution in [0.25, 0.3) is 0 Å². The van der Waals surface area contributed by atoms with E-state index >= 15 is 0 Å². The highest BCUT2D eigenvalue weighted by atomic mass is 35.5. The van der Waals surface area contributed by atoms with Crippen molar-refractivity contribution in [3.8, 4) is 5.75 Å². The number of phenolic OH excluding ortho intramolecular Hbond substituents is 1. The molecule has 8 heteroatoms. The number of rotatable bonds is 4. The van der Waals surface area contributed by atoms with Crippen LogP contribution in [0.1, 0.15) is 18.4 Å². The van der Waals surface area contributed by atoms with Gasteiger partial charge < -0.3 is 15.7 Å². The second-order valence-electron chi connectivity index (χ2n) is 5.19. The highest BCUT2D eigenvalue weighted by Gasteiger charge is 2.36. The summed E-state index contributed by atoms with van der Waals surface area (Å²) in [7, 11) is -3.02. The Kier molecular flexibility index (Phi) is 4.63. The van der Waals surface area contributed by atoms with E-state index in [4.69, 9.17) is 11.6 Å². The molecule has 21 heavy (non-hydrogen) atoms. The molecule has 1 aromatic carbocycles. The molecule has 0 unspecified atom stereocenters. The van der Waals surface area contributed by atoms with Crippen LogP contribution in [-0.4, -0.2) is 37.1 Å². The molecule has 2 rings (SSSR count). The molecular formula is C13H17ClN2O4S. The number of halogens is 1. The van der Waals surface area contributed by atoms with E-state index < -0.39 is 15.9 Å². The Morgan fingerprint density at radius 1 is 1.43 bits per heavy atom. The van der Waals surface area contributed by atoms with E-state index in [1.54, 1.807) is 18.2 Å². The molecule has 2 amide bonds. The van der Waals surface area contributed by atoms with Crippen LogP contribution < -0.4 is 10.6 Å². The Balaban J connectivity index is 1.78. The topological polar surface area (TPSA) is 95.5 Å². The van der Waals surface area contributed by atoms with Gasteiger partial charge in [0.2, 0.25) is 0 Å². The fourth-order valence-electron chi connectivity index (χ4n) is 2.15. The van der Waals surface area contributed by atoms with Gasteiger partial charge in [-0.05, 0) is 18.9 Å². The number of benzene rings is 1. The van der Waals surface area contributed by atoms with Crippen molar-refractivity contribution in [3.05, 3.63) is 28.8 Å². The SMILES string of the molecule is CS(=O)(=O)C1CC(NC(=O)NCc2cccc(Cl)c2O)C1. The number of sulfone groups is 1. The largest absolute Gasteiger partial charge is 0.506 e. The van der Waals surface area contributed by atoms with Crippen molar-refractivity contribution in [1.29, 1.82) is 0 Å². The lowest BCUT2D eigenvalue weighted by Crippen LogP contribution is -2.52. The van der Waals surface area contributed by atoms with Crippen molar-refractivity contribution in [1.82, 2.24) is 10.6 Å². The van der Waals surface area contributed by atoms with E-state index in [0.29, 0.717) is 18.4 Å². The number of carbonyl (C=O) groups is 1. The first-order valence-corrected chi connectivity index (χ1v) is 8.80. The van der Waals surface area contributed by atoms with Crippen LogP contribution in [0.4, 0.5) is 4.79 Å². The molecule has 0 radical (unpaired) electrons. The monoisotopic (exact) mass is 332 g/mol. The minimum atomic E-state index is -3.02. The summed E-state index contributed by atoms with van der Waals surface area (Å²) in [5, 5.41) is 14.9. The molecule has 0 aromatic heterocycles. The summed E-state index contributed by atoms with van der Waals surface area (Å²) in [6, 6.07) is 4.37. The highest BCUT2D eigenvalue weighted by molar-refractivity contribution is 7.91. The number of hydrogen-bond acceptors (Lipinski definition) is 4. The third kappa shape index (κ3) is 4.01. The van der Waals surface area contributed by atoms with Gasteiger partial charge >= 0.3 is 6.03 Å². The van der Waals surface area contributed by atoms with E-state index in [1.165, 1.54) is 6.26 Å². The predicted octanol–water partition coefficient (Wildman–Crippen LogP) is 1.42. The Morgan fingerprint density at radius 3 is 2.71 bits per heavy atom. The molecular weight excluding hydrogens is 316 g/mol. The van der Waals surface area contributed by atoms with Gasteiger partial charge in [-0.3, -0.25) is 0 Å². The fraction of sp³-hybridized carbons (Fsp3) is 0.462. The molecule has 1 aromatic rings. The van der Waals surface area contributed by atoms with Crippen molar-refractivity contribution >= 4 is 27.5 Å². The van der Waals surface area contributed by atoms with Gasteiger partial charge in [-0.2, -0.15) is 0 Å². The molecule has 0 saturated heterocycles. The molecule has 1 saturated carbocycles. The minimum absolute atomic E-state index is 0.0553. The van der Waals surface area contributed by atoms with Crippen molar-refractivity contribution in [2.45, 2.75) is 30.7 Å². The standard InChI is InChI=1S/C13H17ClN2O4S/c1-21(19,20)10-5-9(6-10)16-13(18)15-7-8-3-2-4-11(14)12(8)17/h2-4,9-10,17H,5-7H2,1H3,(H2,15,16,18). The minimum Gasteiger partial charge on any atom is -0.506 e. The quantitative estimate of drug-likeness (QED) is 0.777. The number of para-hydroxylation sites is 1. The molecule has 0 bridgehead atoms. The third-order valence-electron chi connectivity index (χ3n) is 3.55. The smallest absolute Gasteiger partial charge is 0.315 e. The zero-order chi connectivity index (χ0) is 15.6. The first kappa shape index (κ1) is 15.9. The van der Waals surface area contributed by atoms with Crippen LogP contribution in [0.2, 0.25) is 5.02 Å². The van der Waals surface area contributed by atoms with Crippen LogP contribution in [0, 0.1) is 0 Å². The fourth-order valence-corrected chi connectivity index (χ4v) is 3.51. The van der Waals surface area contributed by atoms with Gasteiger partial charge in [0.15, 0.2) is 0 Å². The van der Waals surface area contributed by atoms with Crippen LogP contribution >= 0.6 is 11.6 Å². The van der Waals surface area contributed by atoms with E-state index in [2.05, 4.69) is 10.6 Å². The summed E-state index contributed by atoms with van der Waals surface area (Å²) in [5.41, 5.74) is 0.514. The molecule has 0 atom stereocenters. The van der Waals surface area contributed by atoms with Gasteiger partial charge in [0.25, 0.3) is 0 Å². The zero-order valence-electron chi connectivity index (χ0n) is 11.5. The van der Waals surface area contributed by atoms with Crippen molar-refractivity contribution in [2.24, 2.45) is 0 Å². The average molecular weight is 333 g/mol. The summed E-state index contributed by atoms with van der Waals surface area (Å²) >= 11 is 5.77. The van der Waals surface area contributed by atoms with Crippen molar-refractivity contribution in [3.63, 3.8) is 0 Å². The summed E-state index contributed by atoms with van der Waals surface area (Å²) in [4.78, 5) is 11.7. The van der Waals surface area contributed by atoms with Crippen LogP contribution in [0.3, 0.4) is 0 Å². The maximum absolute atomic E-state index is 11.7. The second kappa shape index (κ2) is 6.11. The zero-order valence-corrected chi connectivity index (χ0v) is 13.0. The third-order valence-corrected chi connectivity index (χ3v) is 5.45. The van der Waals surface area contributed by atoms with Gasteiger partial charge in [0.05, 0.1) is 10.3 Å². The normalized spacial score (nSPS) is 21.4. The van der Waals surface area contributed by atoms with Crippen LogP contribution in [-0.2, 0) is 16.4 Å². The molecule has 6 nitrogen and oxygen atoms in total. The van der Waals surface area contributed by atoms with Gasteiger partial charge in [-0.1, -0.05) is 23.7 Å². The number of carbonyl (C=O) groups excluding carboxylic acids is 1. The van der Waals surface area contributed by atoms with Crippen molar-refractivity contribution < 1.29 is 18.3 Å². The summed E-state index contributed by atoms with van der Waals surface area (Å²) < 4.78 is 22.5. The summed E-state index contributed by atoms with van der Waals surface area (Å²) in [5.74, 6) is -0.0553. The molecule has 116 valence electrons. The van der Waals surface area contributed by atoms with Gasteiger partial charge in [0.1, 0.15) is 15.6 Å². The summed E-state index contributed by atoms with van der Waals surface area (Å²) in [6.45, 7) is 0.139. The molecule has 1 fully saturated rings. The molecule has 1 aliphatic carbocycles. The van der Waals surface area contributed by atoms with Crippen molar-refractivity contribution in [2.75, 3.05) is 6.26 Å². The van der Waals surface area contributed by atoms with E-state index in [9.17, 15) is 18.3 Å². The molecule has 0 heterocycles. The molecule has 3 N–H and O–H groups in total. The number of amides is 2. The van der Waals surface area contributed by atoms with E-state index in [-0.39, 0.29) is 28.6 Å². The summed E-state index contributed by atoms with van der Waals surface area (Å²) in [6.07, 6.45) is 2.08. The molecule has 1 aliphatic rings. The van der Waals surface area contributed by atoms with Gasteiger partial charge in [-0.25, -0.2) is 13.2 Å². The maximum atomic E-state index is 11.7. The Bertz CT molecular complexity index is 642. The van der Waals surface area contributed by atoms with E-state index in [0.717, 1.165) is 0 Å². The lowest BCUT2D eigenvalue weighted by molar-refractivity contribution is 0.228. The second-order valence-corrected chi connectivity index (χ2v) is 7.93. The maximum Gasteiger partial charge on any atom is 0.315 e. The Hall–Kier alpha value is -1.47. The Labute approximate surface area is 128 Å². The number of urea groups is 1. The number of phenols is 1. The average Bonchev–Trinajstić information content (AvgIpc) is 2.33. The first-order valence-electron chi connectivity index (χ1n) is 6.47. The first-order chi connectivity index (χ1) is 9.77. The van der Waals surface area contributed by atoms with Gasteiger partial charge in [0, 0.05) is 24.4 Å². The Morgan fingerprint density at radius 2 is 2.10 bits per heavy atom.